The normalized spacial score (nSPS) is 17.1. The number of H-pyrrole nitrogens is 1. The highest BCUT2D eigenvalue weighted by atomic mass is 19.4. The number of alkyl halides is 3. The Hall–Kier alpha value is -3.67. The fourth-order valence-corrected chi connectivity index (χ4v) is 4.14. The largest absolute Gasteiger partial charge is 0.433 e. The highest BCUT2D eigenvalue weighted by Gasteiger charge is 2.38. The molecule has 4 aromatic rings. The molecule has 1 fully saturated rings. The third-order valence-electron chi connectivity index (χ3n) is 5.66. The summed E-state index contributed by atoms with van der Waals surface area (Å²) in [6.07, 6.45) is -2.99. The fourth-order valence-electron chi connectivity index (χ4n) is 4.14. The molecule has 0 saturated carbocycles. The predicted octanol–water partition coefficient (Wildman–Crippen LogP) is 2.99. The third kappa shape index (κ3) is 3.65. The van der Waals surface area contributed by atoms with Crippen LogP contribution in [0.25, 0.3) is 28.2 Å². The Labute approximate surface area is 185 Å². The number of aromatic amines is 1. The summed E-state index contributed by atoms with van der Waals surface area (Å²) in [5.41, 5.74) is 4.21. The van der Waals surface area contributed by atoms with Gasteiger partial charge in [-0.25, -0.2) is 4.98 Å². The van der Waals surface area contributed by atoms with Crippen LogP contribution in [-0.2, 0) is 6.18 Å². The molecule has 172 valence electrons. The van der Waals surface area contributed by atoms with E-state index in [1.54, 1.807) is 18.2 Å². The second-order valence-electron chi connectivity index (χ2n) is 8.00. The number of hydrogen-bond donors (Lipinski definition) is 2. The first kappa shape index (κ1) is 21.2. The Morgan fingerprint density at radius 3 is 2.64 bits per heavy atom. The highest BCUT2D eigenvalue weighted by Crippen LogP contribution is 2.38. The smallest absolute Gasteiger partial charge is 0.403 e. The molecule has 3 N–H and O–H groups in total. The van der Waals surface area contributed by atoms with E-state index in [9.17, 15) is 18.0 Å². The number of nitrogens with two attached hydrogens (primary N) is 1. The molecule has 3 aromatic heterocycles. The second-order valence-corrected chi connectivity index (χ2v) is 8.00. The number of nitrogens with one attached hydrogen (secondary N) is 1. The number of hydrogen-bond acceptors (Lipinski definition) is 7. The Bertz CT molecular complexity index is 1370. The average Bonchev–Trinajstić information content (AvgIpc) is 3.40. The molecular weight excluding hydrogens is 439 g/mol. The number of halogens is 3. The molecule has 0 aliphatic carbocycles. The van der Waals surface area contributed by atoms with Gasteiger partial charge < -0.3 is 15.1 Å². The van der Waals surface area contributed by atoms with E-state index in [2.05, 4.69) is 20.3 Å². The van der Waals surface area contributed by atoms with Crippen LogP contribution in [-0.4, -0.2) is 43.9 Å². The lowest BCUT2D eigenvalue weighted by atomic mass is 10.1. The van der Waals surface area contributed by atoms with Gasteiger partial charge in [0.15, 0.2) is 5.65 Å². The number of nitrogens with zero attached hydrogens (tertiary/aromatic N) is 5. The first-order chi connectivity index (χ1) is 15.7. The van der Waals surface area contributed by atoms with Crippen LogP contribution < -0.4 is 16.2 Å². The summed E-state index contributed by atoms with van der Waals surface area (Å²) in [4.78, 5) is 19.4. The van der Waals surface area contributed by atoms with E-state index in [0.29, 0.717) is 13.1 Å². The predicted molar refractivity (Wildman–Crippen MR) is 114 cm³/mol. The molecule has 1 aliphatic rings. The summed E-state index contributed by atoms with van der Waals surface area (Å²) in [6.45, 7) is 2.73. The van der Waals surface area contributed by atoms with Crippen molar-refractivity contribution in [3.63, 3.8) is 0 Å². The minimum Gasteiger partial charge on any atom is -0.403 e. The van der Waals surface area contributed by atoms with E-state index in [1.165, 1.54) is 19.1 Å². The van der Waals surface area contributed by atoms with Gasteiger partial charge in [0.1, 0.15) is 11.3 Å². The first-order valence-electron chi connectivity index (χ1n) is 10.4. The molecule has 0 spiro atoms. The third-order valence-corrected chi connectivity index (χ3v) is 5.66. The van der Waals surface area contributed by atoms with Crippen molar-refractivity contribution in [1.82, 2.24) is 24.8 Å². The van der Waals surface area contributed by atoms with Crippen LogP contribution in [0.4, 0.5) is 19.2 Å². The lowest BCUT2D eigenvalue weighted by molar-refractivity contribution is -0.140. The summed E-state index contributed by atoms with van der Waals surface area (Å²) in [5.74, 6) is -0.113. The number of benzene rings is 1. The minimum absolute atomic E-state index is 0.0319. The maximum Gasteiger partial charge on any atom is 0.433 e. The zero-order valence-corrected chi connectivity index (χ0v) is 17.6. The van der Waals surface area contributed by atoms with E-state index < -0.39 is 17.4 Å². The van der Waals surface area contributed by atoms with Gasteiger partial charge in [-0.05, 0) is 25.3 Å². The Balaban J connectivity index is 1.67. The van der Waals surface area contributed by atoms with Crippen LogP contribution in [0.15, 0.2) is 39.5 Å². The molecule has 1 aliphatic heterocycles. The highest BCUT2D eigenvalue weighted by molar-refractivity contribution is 5.81. The van der Waals surface area contributed by atoms with Crippen molar-refractivity contribution in [2.24, 2.45) is 5.73 Å². The van der Waals surface area contributed by atoms with Crippen LogP contribution >= 0.6 is 0 Å². The van der Waals surface area contributed by atoms with Crippen molar-refractivity contribution in [2.75, 3.05) is 18.0 Å². The van der Waals surface area contributed by atoms with Gasteiger partial charge in [-0.15, -0.1) is 5.10 Å². The van der Waals surface area contributed by atoms with Gasteiger partial charge in [0.25, 0.3) is 11.4 Å². The van der Waals surface area contributed by atoms with Gasteiger partial charge in [0, 0.05) is 19.1 Å². The second kappa shape index (κ2) is 7.73. The Morgan fingerprint density at radius 2 is 1.94 bits per heavy atom. The zero-order valence-electron chi connectivity index (χ0n) is 17.6. The topological polar surface area (TPSA) is 118 Å². The fraction of sp³-hybridized carbons (Fsp3) is 0.333. The summed E-state index contributed by atoms with van der Waals surface area (Å²) in [7, 11) is 0. The van der Waals surface area contributed by atoms with E-state index in [4.69, 9.17) is 10.2 Å². The molecule has 4 heterocycles. The quantitative estimate of drug-likeness (QED) is 0.484. The lowest BCUT2D eigenvalue weighted by Gasteiger charge is -2.28. The number of aryl methyl sites for hydroxylation is 1. The summed E-state index contributed by atoms with van der Waals surface area (Å²) in [5, 5.41) is 10.2. The van der Waals surface area contributed by atoms with Crippen molar-refractivity contribution < 1.29 is 17.6 Å². The molecule has 33 heavy (non-hydrogen) atoms. The number of fused-ring (bicyclic) bond motifs is 1. The molecule has 1 atom stereocenters. The zero-order chi connectivity index (χ0) is 23.3. The van der Waals surface area contributed by atoms with Crippen molar-refractivity contribution in [1.29, 1.82) is 0 Å². The molecule has 1 aromatic carbocycles. The van der Waals surface area contributed by atoms with Crippen molar-refractivity contribution in [2.45, 2.75) is 32.0 Å². The van der Waals surface area contributed by atoms with Gasteiger partial charge in [0.05, 0.1) is 11.3 Å². The molecule has 0 amide bonds. The summed E-state index contributed by atoms with van der Waals surface area (Å²) < 4.78 is 48.0. The first-order valence-corrected chi connectivity index (χ1v) is 10.4. The maximum absolute atomic E-state index is 13.8. The minimum atomic E-state index is -4.73. The molecule has 1 saturated heterocycles. The monoisotopic (exact) mass is 459 g/mol. The molecule has 1 unspecified atom stereocenters. The van der Waals surface area contributed by atoms with E-state index in [-0.39, 0.29) is 46.0 Å². The van der Waals surface area contributed by atoms with Gasteiger partial charge >= 0.3 is 12.2 Å². The van der Waals surface area contributed by atoms with Crippen LogP contribution in [0.1, 0.15) is 24.2 Å². The van der Waals surface area contributed by atoms with E-state index in [1.807, 2.05) is 4.90 Å². The Morgan fingerprint density at radius 1 is 1.18 bits per heavy atom. The molecule has 0 bridgehead atoms. The van der Waals surface area contributed by atoms with Gasteiger partial charge in [-0.2, -0.15) is 17.7 Å². The van der Waals surface area contributed by atoms with Crippen LogP contribution in [0, 0.1) is 6.92 Å². The van der Waals surface area contributed by atoms with Crippen molar-refractivity contribution in [3.05, 3.63) is 52.1 Å². The number of piperidine rings is 1. The molecule has 5 rings (SSSR count). The average molecular weight is 459 g/mol. The summed E-state index contributed by atoms with van der Waals surface area (Å²) >= 11 is 0. The molecule has 0 radical (unpaired) electrons. The van der Waals surface area contributed by atoms with E-state index in [0.717, 1.165) is 17.4 Å². The lowest BCUT2D eigenvalue weighted by Crippen LogP contribution is -2.43. The van der Waals surface area contributed by atoms with Crippen LogP contribution in [0.5, 0.6) is 0 Å². The maximum atomic E-state index is 13.8. The number of aromatic nitrogens is 5. The number of rotatable bonds is 3. The molecular formula is C21H20F3N7O2. The van der Waals surface area contributed by atoms with E-state index >= 15 is 0 Å². The van der Waals surface area contributed by atoms with Crippen LogP contribution in [0.2, 0.25) is 0 Å². The van der Waals surface area contributed by atoms with Gasteiger partial charge in [-0.1, -0.05) is 35.4 Å². The van der Waals surface area contributed by atoms with Gasteiger partial charge in [-0.3, -0.25) is 9.89 Å². The van der Waals surface area contributed by atoms with Crippen LogP contribution in [0.3, 0.4) is 0 Å². The molecule has 9 nitrogen and oxygen atoms in total. The van der Waals surface area contributed by atoms with Gasteiger partial charge in [0.2, 0.25) is 0 Å². The number of anilines is 1. The van der Waals surface area contributed by atoms with Crippen molar-refractivity contribution >= 4 is 11.7 Å². The summed E-state index contributed by atoms with van der Waals surface area (Å²) in [6, 6.07) is 8.15. The molecule has 12 heteroatoms. The standard InChI is InChI=1S/C21H20F3N7O2/c1-11-14(18-27-28-20(33-18)30-9-5-8-13(25)10-30)19(32)31-17(26-11)15(12-6-3-2-4-7-12)16(29-31)21(22,23)24/h2-4,6-7,13,29H,5,8-10,25H2,1H3. The Kier molecular flexibility index (Phi) is 4.96. The van der Waals surface area contributed by atoms with Crippen molar-refractivity contribution in [3.8, 4) is 22.6 Å². The SMILES string of the molecule is Cc1nc2c(-c3ccccc3)c(C(F)(F)F)[nH]n2c(=O)c1-c1nnc(N2CCCC(N)C2)o1.